The van der Waals surface area contributed by atoms with E-state index >= 15 is 0 Å². The van der Waals surface area contributed by atoms with Gasteiger partial charge in [0, 0.05) is 0 Å². The van der Waals surface area contributed by atoms with Gasteiger partial charge in [-0.1, -0.05) is 23.2 Å². The summed E-state index contributed by atoms with van der Waals surface area (Å²) in [6.07, 6.45) is -4.22. The van der Waals surface area contributed by atoms with Crippen LogP contribution in [0.4, 0.5) is 0 Å². The van der Waals surface area contributed by atoms with Crippen molar-refractivity contribution < 1.29 is 20.1 Å². The van der Waals surface area contributed by atoms with Crippen molar-refractivity contribution in [3.63, 3.8) is 0 Å². The largest absolute Gasteiger partial charge is 0.394 e. The predicted octanol–water partition coefficient (Wildman–Crippen LogP) is 1.62. The highest BCUT2D eigenvalue weighted by Gasteiger charge is 2.44. The molecule has 0 spiro atoms. The summed E-state index contributed by atoms with van der Waals surface area (Å²) in [6.45, 7) is -0.406. The Hall–Kier alpha value is -0.670. The molecule has 114 valence electrons. The Balaban J connectivity index is 2.15. The Labute approximate surface area is 134 Å². The number of ether oxygens (including phenoxy) is 1. The van der Waals surface area contributed by atoms with Crippen LogP contribution in [0.15, 0.2) is 12.1 Å². The summed E-state index contributed by atoms with van der Waals surface area (Å²) < 4.78 is 7.29. The molecule has 1 saturated heterocycles. The number of nitrogens with one attached hydrogen (secondary N) is 1. The molecule has 21 heavy (non-hydrogen) atoms. The Morgan fingerprint density at radius 2 is 1.90 bits per heavy atom. The number of nitrogens with zero attached hydrogens (tertiary/aromatic N) is 1. The number of fused-ring (bicyclic) bond motifs is 1. The summed E-state index contributed by atoms with van der Waals surface area (Å²) in [6, 6.07) is 3.22. The number of aliphatic hydroxyl groups is 3. The monoisotopic (exact) mass is 350 g/mol. The first-order valence-corrected chi connectivity index (χ1v) is 7.32. The van der Waals surface area contributed by atoms with Gasteiger partial charge in [-0.3, -0.25) is 4.57 Å². The zero-order valence-electron chi connectivity index (χ0n) is 10.5. The fourth-order valence-corrected chi connectivity index (χ4v) is 3.10. The highest BCUT2D eigenvalue weighted by atomic mass is 35.5. The van der Waals surface area contributed by atoms with Gasteiger partial charge in [-0.2, -0.15) is 0 Å². The quantitative estimate of drug-likeness (QED) is 0.618. The van der Waals surface area contributed by atoms with Crippen LogP contribution in [0.5, 0.6) is 0 Å². The van der Waals surface area contributed by atoms with Gasteiger partial charge in [-0.25, -0.2) is 0 Å². The smallest absolute Gasteiger partial charge is 0.180 e. The number of rotatable bonds is 2. The van der Waals surface area contributed by atoms with Crippen molar-refractivity contribution in [2.75, 3.05) is 6.61 Å². The van der Waals surface area contributed by atoms with E-state index in [0.29, 0.717) is 21.1 Å². The molecule has 2 aromatic rings. The number of aromatic amines is 1. The van der Waals surface area contributed by atoms with Crippen LogP contribution in [0.1, 0.15) is 6.23 Å². The number of H-pyrrole nitrogens is 1. The minimum absolute atomic E-state index is 0.290. The van der Waals surface area contributed by atoms with E-state index in [0.717, 1.165) is 0 Å². The summed E-state index contributed by atoms with van der Waals surface area (Å²) in [7, 11) is 0. The van der Waals surface area contributed by atoms with E-state index in [1.807, 2.05) is 0 Å². The van der Waals surface area contributed by atoms with Crippen molar-refractivity contribution in [1.29, 1.82) is 0 Å². The van der Waals surface area contributed by atoms with E-state index in [9.17, 15) is 10.2 Å². The van der Waals surface area contributed by atoms with Crippen molar-refractivity contribution in [3.05, 3.63) is 26.9 Å². The summed E-state index contributed by atoms with van der Waals surface area (Å²) in [5.41, 5.74) is 1.22. The van der Waals surface area contributed by atoms with Crippen molar-refractivity contribution in [2.45, 2.75) is 24.5 Å². The number of hydrogen-bond donors (Lipinski definition) is 4. The first-order valence-electron chi connectivity index (χ1n) is 6.15. The molecular formula is C12H12Cl2N2O4S. The van der Waals surface area contributed by atoms with Gasteiger partial charge in [-0.05, 0) is 24.4 Å². The second-order valence-corrected chi connectivity index (χ2v) is 6.01. The normalized spacial score (nSPS) is 29.4. The van der Waals surface area contributed by atoms with Crippen molar-refractivity contribution >= 4 is 46.5 Å². The average molecular weight is 351 g/mol. The fraction of sp³-hybridized carbons (Fsp3) is 0.417. The maximum atomic E-state index is 10.1. The molecule has 1 aliphatic rings. The second kappa shape index (κ2) is 5.51. The Kier molecular flexibility index (Phi) is 4.00. The lowest BCUT2D eigenvalue weighted by atomic mass is 10.1. The summed E-state index contributed by atoms with van der Waals surface area (Å²) in [5.74, 6) is 0. The van der Waals surface area contributed by atoms with Gasteiger partial charge in [0.15, 0.2) is 11.0 Å². The summed E-state index contributed by atoms with van der Waals surface area (Å²) in [4.78, 5) is 2.94. The van der Waals surface area contributed by atoms with E-state index in [1.54, 1.807) is 12.1 Å². The molecule has 9 heteroatoms. The van der Waals surface area contributed by atoms with Crippen LogP contribution in [0.25, 0.3) is 11.0 Å². The van der Waals surface area contributed by atoms with E-state index in [4.69, 9.17) is 45.3 Å². The maximum absolute atomic E-state index is 10.1. The van der Waals surface area contributed by atoms with Gasteiger partial charge >= 0.3 is 0 Å². The van der Waals surface area contributed by atoms with Gasteiger partial charge in [0.2, 0.25) is 0 Å². The third-order valence-corrected chi connectivity index (χ3v) is 4.55. The summed E-state index contributed by atoms with van der Waals surface area (Å²) >= 11 is 17.2. The number of imidazole rings is 1. The molecule has 0 amide bonds. The number of aliphatic hydroxyl groups excluding tert-OH is 3. The number of halogens is 2. The molecule has 6 nitrogen and oxygen atoms in total. The van der Waals surface area contributed by atoms with Crippen LogP contribution >= 0.6 is 35.4 Å². The second-order valence-electron chi connectivity index (χ2n) is 4.81. The van der Waals surface area contributed by atoms with Gasteiger partial charge in [-0.15, -0.1) is 0 Å². The van der Waals surface area contributed by atoms with E-state index in [2.05, 4.69) is 4.98 Å². The third kappa shape index (κ3) is 2.39. The van der Waals surface area contributed by atoms with Crippen LogP contribution in [-0.4, -0.2) is 49.8 Å². The third-order valence-electron chi connectivity index (χ3n) is 3.53. The van der Waals surface area contributed by atoms with E-state index < -0.39 is 31.1 Å². The summed E-state index contributed by atoms with van der Waals surface area (Å²) in [5, 5.41) is 29.8. The first kappa shape index (κ1) is 15.2. The van der Waals surface area contributed by atoms with Gasteiger partial charge in [0.05, 0.1) is 27.7 Å². The Bertz CT molecular complexity index is 747. The lowest BCUT2D eigenvalue weighted by Gasteiger charge is -2.17. The predicted molar refractivity (Wildman–Crippen MR) is 80.2 cm³/mol. The molecule has 3 rings (SSSR count). The molecule has 1 aromatic carbocycles. The van der Waals surface area contributed by atoms with Crippen LogP contribution < -0.4 is 0 Å². The molecule has 0 unspecified atom stereocenters. The minimum Gasteiger partial charge on any atom is -0.394 e. The van der Waals surface area contributed by atoms with Crippen LogP contribution in [0, 0.1) is 4.77 Å². The molecule has 0 radical (unpaired) electrons. The van der Waals surface area contributed by atoms with Crippen molar-refractivity contribution in [2.24, 2.45) is 0 Å². The molecular weight excluding hydrogens is 339 g/mol. The van der Waals surface area contributed by atoms with Gasteiger partial charge < -0.3 is 25.0 Å². The zero-order chi connectivity index (χ0) is 15.3. The molecule has 1 fully saturated rings. The lowest BCUT2D eigenvalue weighted by molar-refractivity contribution is -0.0514. The molecule has 4 N–H and O–H groups in total. The van der Waals surface area contributed by atoms with Crippen LogP contribution in [0.2, 0.25) is 10.0 Å². The van der Waals surface area contributed by atoms with E-state index in [-0.39, 0.29) is 4.77 Å². The topological polar surface area (TPSA) is 90.6 Å². The lowest BCUT2D eigenvalue weighted by Crippen LogP contribution is -2.33. The molecule has 1 aliphatic heterocycles. The van der Waals surface area contributed by atoms with Crippen LogP contribution in [0.3, 0.4) is 0 Å². The average Bonchev–Trinajstić information content (AvgIpc) is 2.89. The van der Waals surface area contributed by atoms with Gasteiger partial charge in [0.25, 0.3) is 0 Å². The number of hydrogen-bond acceptors (Lipinski definition) is 5. The van der Waals surface area contributed by atoms with E-state index in [1.165, 1.54) is 4.57 Å². The molecule has 4 atom stereocenters. The minimum atomic E-state index is -1.22. The zero-order valence-corrected chi connectivity index (χ0v) is 12.9. The fourth-order valence-electron chi connectivity index (χ4n) is 2.47. The standard InChI is InChI=1S/C12H12Cl2N2O4S/c13-4-1-6-7(2-5(4)14)16(12(21)15-6)11-10(19)9(18)8(3-17)20-11/h1-2,8-11,17-19H,3H2,(H,15,21)/t8-,9-,10-,11-/m1/s1. The SMILES string of the molecule is OC[C@H]1O[C@@H](n2c(=S)[nH]c3cc(Cl)c(Cl)cc32)[C@H](O)[C@@H]1O. The first-order chi connectivity index (χ1) is 9.93. The molecule has 2 heterocycles. The molecule has 1 aromatic heterocycles. The number of benzene rings is 1. The molecule has 0 bridgehead atoms. The Morgan fingerprint density at radius 1 is 1.24 bits per heavy atom. The Morgan fingerprint density at radius 3 is 2.52 bits per heavy atom. The van der Waals surface area contributed by atoms with Crippen LogP contribution in [-0.2, 0) is 4.74 Å². The molecule has 0 aliphatic carbocycles. The molecule has 0 saturated carbocycles. The number of aromatic nitrogens is 2. The van der Waals surface area contributed by atoms with Crippen molar-refractivity contribution in [3.8, 4) is 0 Å². The maximum Gasteiger partial charge on any atom is 0.180 e. The highest BCUT2D eigenvalue weighted by molar-refractivity contribution is 7.71. The highest BCUT2D eigenvalue weighted by Crippen LogP contribution is 2.34. The van der Waals surface area contributed by atoms with Crippen molar-refractivity contribution in [1.82, 2.24) is 9.55 Å². The van der Waals surface area contributed by atoms with Gasteiger partial charge in [0.1, 0.15) is 18.3 Å².